The number of carbonyl (C=O) groups excluding carboxylic acids is 5. The van der Waals surface area contributed by atoms with E-state index in [1.54, 1.807) is 19.9 Å². The Labute approximate surface area is 317 Å². The fraction of sp³-hybridized carbons (Fsp3) is 0.676. The molecular weight excluding hydrogens is 710 g/mol. The Kier molecular flexibility index (Phi) is 25.3. The Hall–Kier alpha value is -4.16. The van der Waals surface area contributed by atoms with Gasteiger partial charge in [0.2, 0.25) is 23.6 Å². The quantitative estimate of drug-likeness (QED) is 0.0550. The Morgan fingerprint density at radius 3 is 2.11 bits per heavy atom. The zero-order valence-corrected chi connectivity index (χ0v) is 32.4. The van der Waals surface area contributed by atoms with Gasteiger partial charge in [-0.2, -0.15) is 0 Å². The van der Waals surface area contributed by atoms with Crippen molar-refractivity contribution in [2.75, 3.05) is 44.8 Å². The molecule has 4 amide bonds. The molecule has 7 N–H and O–H groups in total. The SMILES string of the molecule is CC(C)C(=O)OCc1ccc(O)c(NC(=O)CCNC(=O)CCOC(C)(C)CCO)c1.CC(C)CCN1C(=O)CCC1=O.O=CO.OC1COCC(O)C1. The van der Waals surface area contributed by atoms with Crippen LogP contribution in [0.4, 0.5) is 5.69 Å². The molecule has 0 aliphatic carbocycles. The normalized spacial score (nSPS) is 16.6. The van der Waals surface area contributed by atoms with Gasteiger partial charge in [0.05, 0.1) is 49.2 Å². The number of imide groups is 1. The summed E-state index contributed by atoms with van der Waals surface area (Å²) in [5.74, 6) is -0.773. The number of nitrogens with one attached hydrogen (secondary N) is 2. The number of ether oxygens (including phenoxy) is 3. The lowest BCUT2D eigenvalue weighted by Crippen LogP contribution is -2.32. The van der Waals surface area contributed by atoms with Gasteiger partial charge >= 0.3 is 5.97 Å². The Morgan fingerprint density at radius 2 is 1.61 bits per heavy atom. The number of amides is 4. The fourth-order valence-corrected chi connectivity index (χ4v) is 4.52. The minimum atomic E-state index is -0.501. The lowest BCUT2D eigenvalue weighted by Gasteiger charge is -2.24. The molecule has 2 aliphatic rings. The largest absolute Gasteiger partial charge is 0.506 e. The van der Waals surface area contributed by atoms with Crippen molar-refractivity contribution >= 4 is 41.8 Å². The van der Waals surface area contributed by atoms with Gasteiger partial charge in [0.25, 0.3) is 6.47 Å². The molecule has 2 aliphatic heterocycles. The number of aliphatic hydroxyl groups excluding tert-OH is 3. The molecule has 0 radical (unpaired) electrons. The maximum absolute atomic E-state index is 12.1. The van der Waals surface area contributed by atoms with Gasteiger partial charge in [-0.3, -0.25) is 33.7 Å². The van der Waals surface area contributed by atoms with Crippen LogP contribution in [0.3, 0.4) is 0 Å². The molecule has 54 heavy (non-hydrogen) atoms. The van der Waals surface area contributed by atoms with Crippen LogP contribution in [0.2, 0.25) is 0 Å². The number of aromatic hydroxyl groups is 1. The third kappa shape index (κ3) is 23.5. The maximum Gasteiger partial charge on any atom is 0.308 e. The number of benzene rings is 1. The van der Waals surface area contributed by atoms with E-state index < -0.39 is 17.8 Å². The molecule has 2 atom stereocenters. The molecule has 0 spiro atoms. The fourth-order valence-electron chi connectivity index (χ4n) is 4.52. The van der Waals surface area contributed by atoms with Crippen LogP contribution in [-0.2, 0) is 49.6 Å². The standard InChI is InChI=1S/C22H34N2O7.C9H15NO2.C5H10O3.CH2O2/c1-15(2)21(29)30-14-16-5-6-18(26)17(13-16)24-20(28)7-10-23-19(27)8-12-31-22(3,4)9-11-25;1-7(2)5-6-10-8(11)3-4-9(10)12;6-4-1-5(7)3-8-2-4;2-1-3/h5-6,13,15,25-26H,7-12,14H2,1-4H3,(H,23,27)(H,24,28);7H,3-6H2,1-2H3;4-7H,1-3H2;1H,(H,2,3). The summed E-state index contributed by atoms with van der Waals surface area (Å²) >= 11 is 0. The van der Waals surface area contributed by atoms with Gasteiger partial charge in [-0.1, -0.05) is 33.8 Å². The third-order valence-electron chi connectivity index (χ3n) is 7.65. The molecule has 2 fully saturated rings. The van der Waals surface area contributed by atoms with Crippen LogP contribution in [0, 0.1) is 11.8 Å². The summed E-state index contributed by atoms with van der Waals surface area (Å²) in [6.07, 6.45) is 1.93. The van der Waals surface area contributed by atoms with E-state index in [0.717, 1.165) is 6.42 Å². The number of likely N-dealkylation sites (tertiary alicyclic amines) is 1. The predicted octanol–water partition coefficient (Wildman–Crippen LogP) is 2.11. The zero-order valence-electron chi connectivity index (χ0n) is 32.4. The molecule has 0 aromatic heterocycles. The van der Waals surface area contributed by atoms with E-state index in [0.29, 0.717) is 56.9 Å². The lowest BCUT2D eigenvalue weighted by atomic mass is 10.1. The van der Waals surface area contributed by atoms with Crippen LogP contribution in [0.1, 0.15) is 92.1 Å². The van der Waals surface area contributed by atoms with Gasteiger partial charge in [0.1, 0.15) is 12.4 Å². The molecule has 0 bridgehead atoms. The first kappa shape index (κ1) is 49.8. The van der Waals surface area contributed by atoms with Crippen molar-refractivity contribution in [1.82, 2.24) is 10.2 Å². The number of phenolic OH excluding ortho intramolecular Hbond substituents is 1. The second kappa shape index (κ2) is 27.4. The van der Waals surface area contributed by atoms with E-state index in [2.05, 4.69) is 24.5 Å². The molecule has 3 rings (SSSR count). The summed E-state index contributed by atoms with van der Waals surface area (Å²) in [4.78, 5) is 67.5. The number of hydrogen-bond acceptors (Lipinski definition) is 13. The Bertz CT molecular complexity index is 1280. The number of carbonyl (C=O) groups is 6. The predicted molar refractivity (Wildman–Crippen MR) is 197 cm³/mol. The summed E-state index contributed by atoms with van der Waals surface area (Å²) in [5, 5.41) is 48.6. The van der Waals surface area contributed by atoms with Crippen LogP contribution in [0.15, 0.2) is 18.2 Å². The van der Waals surface area contributed by atoms with Crippen molar-refractivity contribution in [3.05, 3.63) is 23.8 Å². The van der Waals surface area contributed by atoms with Crippen LogP contribution in [0.5, 0.6) is 5.75 Å². The first-order valence-electron chi connectivity index (χ1n) is 18.0. The number of anilines is 1. The molecule has 17 nitrogen and oxygen atoms in total. The van der Waals surface area contributed by atoms with Crippen molar-refractivity contribution in [2.45, 2.75) is 111 Å². The van der Waals surface area contributed by atoms with Crippen LogP contribution in [0.25, 0.3) is 0 Å². The van der Waals surface area contributed by atoms with Gasteiger partial charge < -0.3 is 50.4 Å². The summed E-state index contributed by atoms with van der Waals surface area (Å²) in [6.45, 7) is 12.8. The summed E-state index contributed by atoms with van der Waals surface area (Å²) in [7, 11) is 0. The monoisotopic (exact) mass is 771 g/mol. The second-order valence-electron chi connectivity index (χ2n) is 13.9. The van der Waals surface area contributed by atoms with Crippen molar-refractivity contribution in [3.8, 4) is 5.75 Å². The van der Waals surface area contributed by atoms with Crippen LogP contribution < -0.4 is 10.6 Å². The number of hydrogen-bond donors (Lipinski definition) is 7. The summed E-state index contributed by atoms with van der Waals surface area (Å²) in [5.41, 5.74) is 0.326. The molecule has 17 heteroatoms. The van der Waals surface area contributed by atoms with E-state index in [1.165, 1.54) is 17.0 Å². The molecule has 308 valence electrons. The number of aliphatic hydroxyl groups is 3. The third-order valence-corrected chi connectivity index (χ3v) is 7.65. The Morgan fingerprint density at radius 1 is 1.02 bits per heavy atom. The highest BCUT2D eigenvalue weighted by molar-refractivity contribution is 6.01. The molecule has 0 saturated carbocycles. The van der Waals surface area contributed by atoms with Gasteiger partial charge in [0.15, 0.2) is 0 Å². The van der Waals surface area contributed by atoms with E-state index in [1.807, 2.05) is 13.8 Å². The van der Waals surface area contributed by atoms with E-state index in [9.17, 15) is 29.1 Å². The number of nitrogens with zero attached hydrogens (tertiary/aromatic N) is 1. The van der Waals surface area contributed by atoms with Gasteiger partial charge in [-0.15, -0.1) is 0 Å². The van der Waals surface area contributed by atoms with E-state index in [4.69, 9.17) is 39.4 Å². The van der Waals surface area contributed by atoms with Crippen molar-refractivity contribution in [3.63, 3.8) is 0 Å². The Balaban J connectivity index is 0.000000979. The van der Waals surface area contributed by atoms with Crippen molar-refractivity contribution < 1.29 is 68.5 Å². The van der Waals surface area contributed by atoms with Gasteiger partial charge in [0, 0.05) is 51.8 Å². The van der Waals surface area contributed by atoms with Gasteiger partial charge in [-0.25, -0.2) is 0 Å². The highest BCUT2D eigenvalue weighted by Crippen LogP contribution is 2.25. The average Bonchev–Trinajstić information content (AvgIpc) is 3.40. The van der Waals surface area contributed by atoms with E-state index in [-0.39, 0.29) is 92.6 Å². The first-order valence-corrected chi connectivity index (χ1v) is 18.0. The molecule has 2 heterocycles. The number of esters is 1. The number of phenols is 1. The van der Waals surface area contributed by atoms with Crippen LogP contribution >= 0.6 is 0 Å². The average molecular weight is 772 g/mol. The van der Waals surface area contributed by atoms with Crippen molar-refractivity contribution in [2.24, 2.45) is 11.8 Å². The zero-order chi connectivity index (χ0) is 41.3. The smallest absolute Gasteiger partial charge is 0.308 e. The lowest BCUT2D eigenvalue weighted by molar-refractivity contribution is -0.148. The molecule has 1 aromatic carbocycles. The topological polar surface area (TPSA) is 259 Å². The molecule has 1 aromatic rings. The number of rotatable bonds is 16. The first-order chi connectivity index (χ1) is 25.3. The van der Waals surface area contributed by atoms with E-state index >= 15 is 0 Å². The highest BCUT2D eigenvalue weighted by Gasteiger charge is 2.28. The maximum atomic E-state index is 12.1. The highest BCUT2D eigenvalue weighted by atomic mass is 16.5. The summed E-state index contributed by atoms with van der Waals surface area (Å²) < 4.78 is 15.5. The molecule has 2 saturated heterocycles. The number of carboxylic acid groups (broad SMARTS) is 1. The molecular formula is C37H61N3O14. The van der Waals surface area contributed by atoms with Gasteiger partial charge in [-0.05, 0) is 50.3 Å². The minimum Gasteiger partial charge on any atom is -0.506 e. The second-order valence-corrected chi connectivity index (χ2v) is 13.9. The summed E-state index contributed by atoms with van der Waals surface area (Å²) in [6, 6.07) is 4.54. The van der Waals surface area contributed by atoms with Crippen molar-refractivity contribution in [1.29, 1.82) is 0 Å². The molecule has 2 unspecified atom stereocenters. The van der Waals surface area contributed by atoms with Crippen LogP contribution in [-0.4, -0.2) is 124 Å². The minimum absolute atomic E-state index is 0.000602.